The van der Waals surface area contributed by atoms with E-state index < -0.39 is 29.4 Å². The van der Waals surface area contributed by atoms with Gasteiger partial charge in [-0.05, 0) is 38.3 Å². The molecule has 1 aliphatic heterocycles. The van der Waals surface area contributed by atoms with Crippen molar-refractivity contribution in [2.45, 2.75) is 45.5 Å². The molecule has 146 valence electrons. The molecule has 2 aromatic heterocycles. The number of rotatable bonds is 5. The van der Waals surface area contributed by atoms with E-state index in [1.165, 1.54) is 0 Å². The molecule has 3 heterocycles. The maximum absolute atomic E-state index is 13.4. The van der Waals surface area contributed by atoms with Gasteiger partial charge in [-0.1, -0.05) is 6.07 Å². The Morgan fingerprint density at radius 1 is 1.22 bits per heavy atom. The Kier molecular flexibility index (Phi) is 5.38. The Balaban J connectivity index is 1.69. The van der Waals surface area contributed by atoms with E-state index in [-0.39, 0.29) is 6.54 Å². The molecule has 0 bridgehead atoms. The van der Waals surface area contributed by atoms with E-state index in [0.29, 0.717) is 0 Å². The molecule has 2 aromatic rings. The molecule has 6 nitrogen and oxygen atoms in total. The van der Waals surface area contributed by atoms with E-state index in [9.17, 15) is 18.0 Å². The molecule has 1 saturated heterocycles. The van der Waals surface area contributed by atoms with Crippen molar-refractivity contribution in [3.05, 3.63) is 41.3 Å². The number of hydrogen-bond donors (Lipinski definition) is 1. The van der Waals surface area contributed by atoms with Crippen molar-refractivity contribution in [3.8, 4) is 0 Å². The second-order valence-electron chi connectivity index (χ2n) is 6.84. The predicted octanol–water partition coefficient (Wildman–Crippen LogP) is 3.41. The summed E-state index contributed by atoms with van der Waals surface area (Å²) in [6, 6.07) is 3.18. The highest BCUT2D eigenvalue weighted by atomic mass is 19.4. The van der Waals surface area contributed by atoms with E-state index >= 15 is 0 Å². The third-order valence-corrected chi connectivity index (χ3v) is 4.49. The van der Waals surface area contributed by atoms with Crippen LogP contribution in [-0.2, 0) is 12.7 Å². The van der Waals surface area contributed by atoms with Crippen LogP contribution in [0.5, 0.6) is 0 Å². The minimum Gasteiger partial charge on any atom is -0.357 e. The number of carbonyl (C=O) groups is 1. The van der Waals surface area contributed by atoms with Gasteiger partial charge < -0.3 is 10.2 Å². The summed E-state index contributed by atoms with van der Waals surface area (Å²) < 4.78 is 40.9. The van der Waals surface area contributed by atoms with Crippen molar-refractivity contribution in [2.75, 3.05) is 18.0 Å². The van der Waals surface area contributed by atoms with Gasteiger partial charge >= 0.3 is 6.18 Å². The SMILES string of the molecule is CC(C)n1ncc(C(=O)NCc2ccc(N3CCCC3)nc2)c1C(F)(F)F. The molecular formula is C18H22F3N5O. The first-order valence-electron chi connectivity index (χ1n) is 8.90. The summed E-state index contributed by atoms with van der Waals surface area (Å²) in [7, 11) is 0. The largest absolute Gasteiger partial charge is 0.433 e. The summed E-state index contributed by atoms with van der Waals surface area (Å²) in [4.78, 5) is 18.9. The zero-order valence-electron chi connectivity index (χ0n) is 15.3. The third-order valence-electron chi connectivity index (χ3n) is 4.49. The first-order valence-corrected chi connectivity index (χ1v) is 8.90. The van der Waals surface area contributed by atoms with Gasteiger partial charge in [0.05, 0.1) is 11.8 Å². The molecule has 1 fully saturated rings. The summed E-state index contributed by atoms with van der Waals surface area (Å²) in [5.74, 6) is 0.0676. The molecule has 0 aromatic carbocycles. The monoisotopic (exact) mass is 381 g/mol. The maximum atomic E-state index is 13.4. The number of halogens is 3. The van der Waals surface area contributed by atoms with Crippen LogP contribution >= 0.6 is 0 Å². The molecular weight excluding hydrogens is 359 g/mol. The molecule has 0 radical (unpaired) electrons. The number of anilines is 1. The summed E-state index contributed by atoms with van der Waals surface area (Å²) in [6.07, 6.45) is 0.228. The molecule has 9 heteroatoms. The lowest BCUT2D eigenvalue weighted by Gasteiger charge is -2.16. The van der Waals surface area contributed by atoms with Gasteiger partial charge in [-0.2, -0.15) is 18.3 Å². The van der Waals surface area contributed by atoms with Crippen molar-refractivity contribution in [1.29, 1.82) is 0 Å². The van der Waals surface area contributed by atoms with Crippen LogP contribution in [0.2, 0.25) is 0 Å². The first-order chi connectivity index (χ1) is 12.8. The van der Waals surface area contributed by atoms with Gasteiger partial charge in [0.25, 0.3) is 5.91 Å². The third kappa shape index (κ3) is 4.23. The van der Waals surface area contributed by atoms with Crippen LogP contribution in [0.1, 0.15) is 54.3 Å². The number of nitrogens with zero attached hydrogens (tertiary/aromatic N) is 4. The van der Waals surface area contributed by atoms with Gasteiger partial charge in [0.2, 0.25) is 0 Å². The highest BCUT2D eigenvalue weighted by molar-refractivity contribution is 5.95. The smallest absolute Gasteiger partial charge is 0.357 e. The molecule has 0 unspecified atom stereocenters. The van der Waals surface area contributed by atoms with Crippen molar-refractivity contribution in [2.24, 2.45) is 0 Å². The Hall–Kier alpha value is -2.58. The fourth-order valence-electron chi connectivity index (χ4n) is 3.13. The maximum Gasteiger partial charge on any atom is 0.433 e. The van der Waals surface area contributed by atoms with Crippen LogP contribution in [0.15, 0.2) is 24.5 Å². The van der Waals surface area contributed by atoms with Crippen LogP contribution in [0.4, 0.5) is 19.0 Å². The number of amides is 1. The Bertz CT molecular complexity index is 792. The Morgan fingerprint density at radius 2 is 1.93 bits per heavy atom. The lowest BCUT2D eigenvalue weighted by molar-refractivity contribution is -0.145. The van der Waals surface area contributed by atoms with E-state index in [4.69, 9.17) is 0 Å². The molecule has 0 spiro atoms. The van der Waals surface area contributed by atoms with Gasteiger partial charge in [0.15, 0.2) is 5.69 Å². The van der Waals surface area contributed by atoms with E-state index in [1.54, 1.807) is 20.0 Å². The molecule has 0 aliphatic carbocycles. The molecule has 0 saturated carbocycles. The first kappa shape index (κ1) is 19.2. The van der Waals surface area contributed by atoms with Gasteiger partial charge in [-0.3, -0.25) is 9.48 Å². The van der Waals surface area contributed by atoms with Crippen LogP contribution in [0, 0.1) is 0 Å². The molecule has 1 N–H and O–H groups in total. The molecule has 0 atom stereocenters. The fourth-order valence-corrected chi connectivity index (χ4v) is 3.13. The van der Waals surface area contributed by atoms with Crippen molar-refractivity contribution >= 4 is 11.7 Å². The van der Waals surface area contributed by atoms with Gasteiger partial charge in [-0.15, -0.1) is 0 Å². The molecule has 1 amide bonds. The van der Waals surface area contributed by atoms with Crippen LogP contribution < -0.4 is 10.2 Å². The highest BCUT2D eigenvalue weighted by Crippen LogP contribution is 2.33. The Morgan fingerprint density at radius 3 is 2.48 bits per heavy atom. The molecule has 3 rings (SSSR count). The highest BCUT2D eigenvalue weighted by Gasteiger charge is 2.40. The number of pyridine rings is 1. The standard InChI is InChI=1S/C18H22F3N5O/c1-12(2)26-16(18(19,20)21)14(11-24-26)17(27)23-10-13-5-6-15(22-9-13)25-7-3-4-8-25/h5-6,9,11-12H,3-4,7-8,10H2,1-2H3,(H,23,27). The zero-order chi connectivity index (χ0) is 19.6. The second kappa shape index (κ2) is 7.58. The van der Waals surface area contributed by atoms with Crippen LogP contribution in [-0.4, -0.2) is 33.8 Å². The number of carbonyl (C=O) groups excluding carboxylic acids is 1. The number of alkyl halides is 3. The average Bonchev–Trinajstić information content (AvgIpc) is 3.29. The van der Waals surface area contributed by atoms with Gasteiger partial charge in [0.1, 0.15) is 5.82 Å². The predicted molar refractivity (Wildman–Crippen MR) is 94.5 cm³/mol. The number of aromatic nitrogens is 3. The summed E-state index contributed by atoms with van der Waals surface area (Å²) >= 11 is 0. The number of nitrogens with one attached hydrogen (secondary N) is 1. The van der Waals surface area contributed by atoms with Crippen molar-refractivity contribution < 1.29 is 18.0 Å². The quantitative estimate of drug-likeness (QED) is 0.862. The Labute approximate surface area is 155 Å². The lowest BCUT2D eigenvalue weighted by Crippen LogP contribution is -2.27. The second-order valence-corrected chi connectivity index (χ2v) is 6.84. The lowest BCUT2D eigenvalue weighted by atomic mass is 10.2. The van der Waals surface area contributed by atoms with E-state index in [0.717, 1.165) is 48.2 Å². The minimum absolute atomic E-state index is 0.0935. The van der Waals surface area contributed by atoms with Gasteiger partial charge in [-0.25, -0.2) is 4.98 Å². The van der Waals surface area contributed by atoms with E-state index in [1.807, 2.05) is 12.1 Å². The van der Waals surface area contributed by atoms with Crippen LogP contribution in [0.25, 0.3) is 0 Å². The average molecular weight is 381 g/mol. The minimum atomic E-state index is -4.66. The zero-order valence-corrected chi connectivity index (χ0v) is 15.3. The summed E-state index contributed by atoms with van der Waals surface area (Å²) in [5, 5.41) is 6.25. The van der Waals surface area contributed by atoms with Crippen molar-refractivity contribution in [1.82, 2.24) is 20.1 Å². The topological polar surface area (TPSA) is 63.1 Å². The van der Waals surface area contributed by atoms with E-state index in [2.05, 4.69) is 20.3 Å². The van der Waals surface area contributed by atoms with Crippen molar-refractivity contribution in [3.63, 3.8) is 0 Å². The summed E-state index contributed by atoms with van der Waals surface area (Å²) in [5.41, 5.74) is -0.786. The normalized spacial score (nSPS) is 14.8. The molecule has 27 heavy (non-hydrogen) atoms. The fraction of sp³-hybridized carbons (Fsp3) is 0.500. The number of hydrogen-bond acceptors (Lipinski definition) is 4. The van der Waals surface area contributed by atoms with Gasteiger partial charge in [0, 0.05) is 31.9 Å². The molecule has 1 aliphatic rings. The van der Waals surface area contributed by atoms with Crippen LogP contribution in [0.3, 0.4) is 0 Å². The summed E-state index contributed by atoms with van der Waals surface area (Å²) in [6.45, 7) is 5.21.